The van der Waals surface area contributed by atoms with Crippen molar-refractivity contribution in [3.63, 3.8) is 0 Å². The Balaban J connectivity index is 1.83. The van der Waals surface area contributed by atoms with Gasteiger partial charge in [0, 0.05) is 19.5 Å². The van der Waals surface area contributed by atoms with Crippen molar-refractivity contribution in [3.05, 3.63) is 65.2 Å². The molecule has 12 heteroatoms. The molecule has 2 amide bonds. The first-order valence-electron chi connectivity index (χ1n) is 13.0. The van der Waals surface area contributed by atoms with Gasteiger partial charge < -0.3 is 16.4 Å². The van der Waals surface area contributed by atoms with Crippen molar-refractivity contribution in [3.8, 4) is 0 Å². The van der Waals surface area contributed by atoms with Crippen LogP contribution in [0.25, 0.3) is 0 Å². The van der Waals surface area contributed by atoms with Gasteiger partial charge >= 0.3 is 6.18 Å². The summed E-state index contributed by atoms with van der Waals surface area (Å²) < 4.78 is 67.5. The zero-order valence-corrected chi connectivity index (χ0v) is 22.7. The van der Waals surface area contributed by atoms with Crippen molar-refractivity contribution in [2.75, 3.05) is 19.6 Å². The number of alkyl halides is 3. The molecule has 1 aliphatic rings. The summed E-state index contributed by atoms with van der Waals surface area (Å²) in [7, 11) is -4.42. The number of halogens is 3. The van der Waals surface area contributed by atoms with Crippen molar-refractivity contribution >= 4 is 21.8 Å². The summed E-state index contributed by atoms with van der Waals surface area (Å²) in [6, 6.07) is 8.82. The van der Waals surface area contributed by atoms with Gasteiger partial charge in [-0.3, -0.25) is 9.59 Å². The fourth-order valence-electron chi connectivity index (χ4n) is 4.46. The van der Waals surface area contributed by atoms with Crippen LogP contribution in [0, 0.1) is 6.92 Å². The lowest BCUT2D eigenvalue weighted by Crippen LogP contribution is -2.56. The third kappa shape index (κ3) is 8.26. The van der Waals surface area contributed by atoms with Gasteiger partial charge in [-0.1, -0.05) is 42.3 Å². The topological polar surface area (TPSA) is 122 Å². The number of piperidine rings is 1. The minimum Gasteiger partial charge on any atom is -0.354 e. The van der Waals surface area contributed by atoms with Gasteiger partial charge in [-0.05, 0) is 62.9 Å². The molecule has 3 rings (SSSR count). The Bertz CT molecular complexity index is 1240. The Hall–Kier alpha value is -2.96. The average Bonchev–Trinajstić information content (AvgIpc) is 2.91. The Morgan fingerprint density at radius 3 is 2.49 bits per heavy atom. The molecular formula is C27H35F3N4O4S. The van der Waals surface area contributed by atoms with Crippen LogP contribution >= 0.6 is 0 Å². The summed E-state index contributed by atoms with van der Waals surface area (Å²) in [5.41, 5.74) is 6.25. The number of nitrogens with one attached hydrogen (secondary N) is 2. The van der Waals surface area contributed by atoms with Crippen LogP contribution in [0.5, 0.6) is 0 Å². The average molecular weight is 569 g/mol. The quantitative estimate of drug-likeness (QED) is 0.360. The van der Waals surface area contributed by atoms with Crippen LogP contribution in [0.1, 0.15) is 48.8 Å². The maximum Gasteiger partial charge on any atom is 0.416 e. The van der Waals surface area contributed by atoms with Gasteiger partial charge in [-0.15, -0.1) is 0 Å². The van der Waals surface area contributed by atoms with Gasteiger partial charge in [0.15, 0.2) is 0 Å². The van der Waals surface area contributed by atoms with Gasteiger partial charge in [0.2, 0.25) is 21.8 Å². The van der Waals surface area contributed by atoms with Crippen LogP contribution in [0.15, 0.2) is 53.4 Å². The van der Waals surface area contributed by atoms with Crippen LogP contribution in [0.2, 0.25) is 0 Å². The van der Waals surface area contributed by atoms with Gasteiger partial charge in [-0.2, -0.15) is 17.5 Å². The van der Waals surface area contributed by atoms with Crippen molar-refractivity contribution in [1.82, 2.24) is 14.9 Å². The number of nitrogens with two attached hydrogens (primary N) is 1. The summed E-state index contributed by atoms with van der Waals surface area (Å²) >= 11 is 0. The predicted octanol–water partition coefficient (Wildman–Crippen LogP) is 3.14. The predicted molar refractivity (Wildman–Crippen MR) is 141 cm³/mol. The molecule has 0 radical (unpaired) electrons. The Labute approximate surface area is 227 Å². The highest BCUT2D eigenvalue weighted by Crippen LogP contribution is 2.32. The monoisotopic (exact) mass is 568 g/mol. The fraction of sp³-hybridized carbons (Fsp3) is 0.481. The highest BCUT2D eigenvalue weighted by atomic mass is 32.2. The van der Waals surface area contributed by atoms with E-state index < -0.39 is 50.6 Å². The number of carbonyl (C=O) groups excluding carboxylic acids is 2. The molecule has 214 valence electrons. The molecular weight excluding hydrogens is 533 g/mol. The first-order valence-corrected chi connectivity index (χ1v) is 14.4. The van der Waals surface area contributed by atoms with Gasteiger partial charge in [-0.25, -0.2) is 8.42 Å². The van der Waals surface area contributed by atoms with E-state index in [0.29, 0.717) is 38.4 Å². The molecule has 1 saturated heterocycles. The van der Waals surface area contributed by atoms with Crippen molar-refractivity contribution in [2.24, 2.45) is 5.73 Å². The fourth-order valence-corrected chi connectivity index (χ4v) is 6.17. The zero-order valence-electron chi connectivity index (χ0n) is 21.8. The number of carbonyl (C=O) groups is 2. The van der Waals surface area contributed by atoms with Crippen molar-refractivity contribution in [1.29, 1.82) is 0 Å². The number of benzene rings is 2. The molecule has 0 spiro atoms. The molecule has 0 saturated carbocycles. The third-order valence-electron chi connectivity index (χ3n) is 6.65. The molecule has 1 aliphatic heterocycles. The molecule has 0 bridgehead atoms. The molecule has 39 heavy (non-hydrogen) atoms. The van der Waals surface area contributed by atoms with Gasteiger partial charge in [0.1, 0.15) is 12.1 Å². The second-order valence-corrected chi connectivity index (χ2v) is 11.6. The molecule has 2 aromatic rings. The Morgan fingerprint density at radius 1 is 1.10 bits per heavy atom. The number of hydrogen-bond acceptors (Lipinski definition) is 5. The largest absolute Gasteiger partial charge is 0.416 e. The van der Waals surface area contributed by atoms with E-state index in [1.165, 1.54) is 0 Å². The molecule has 1 fully saturated rings. The Kier molecular flexibility index (Phi) is 10.5. The Morgan fingerprint density at radius 2 is 1.82 bits per heavy atom. The summed E-state index contributed by atoms with van der Waals surface area (Å²) in [6.45, 7) is 2.76. The van der Waals surface area contributed by atoms with E-state index >= 15 is 0 Å². The second-order valence-electron chi connectivity index (χ2n) is 9.69. The maximum atomic E-state index is 13.5. The van der Waals surface area contributed by atoms with E-state index in [1.807, 2.05) is 31.2 Å². The second kappa shape index (κ2) is 13.4. The van der Waals surface area contributed by atoms with Crippen LogP contribution in [-0.2, 0) is 32.2 Å². The first-order chi connectivity index (χ1) is 18.4. The number of nitrogens with zero attached hydrogens (tertiary/aromatic N) is 1. The summed E-state index contributed by atoms with van der Waals surface area (Å²) in [5, 5.41) is 5.52. The third-order valence-corrected chi connectivity index (χ3v) is 8.55. The van der Waals surface area contributed by atoms with E-state index in [2.05, 4.69) is 10.6 Å². The van der Waals surface area contributed by atoms with Crippen molar-refractivity contribution < 1.29 is 31.2 Å². The molecule has 1 heterocycles. The van der Waals surface area contributed by atoms with Crippen LogP contribution in [0.4, 0.5) is 13.2 Å². The molecule has 0 unspecified atom stereocenters. The lowest BCUT2D eigenvalue weighted by Gasteiger charge is -2.34. The molecule has 8 nitrogen and oxygen atoms in total. The minimum absolute atomic E-state index is 0.0232. The number of unbranched alkanes of at least 4 members (excludes halogenated alkanes) is 1. The number of amides is 2. The van der Waals surface area contributed by atoms with Crippen LogP contribution in [0.3, 0.4) is 0 Å². The lowest BCUT2D eigenvalue weighted by atomic mass is 10.0. The molecule has 0 aliphatic carbocycles. The SMILES string of the molecule is Cc1ccc(C[C@H](NC(=O)[C@@H]2CCCCN2S(=O)(=O)c2cccc(C(F)(F)F)c2)C(=O)NCCCCN)cc1. The van der Waals surface area contributed by atoms with E-state index in [-0.39, 0.29) is 19.4 Å². The highest BCUT2D eigenvalue weighted by molar-refractivity contribution is 7.89. The van der Waals surface area contributed by atoms with E-state index in [9.17, 15) is 31.2 Å². The van der Waals surface area contributed by atoms with E-state index in [4.69, 9.17) is 5.73 Å². The van der Waals surface area contributed by atoms with Gasteiger partial charge in [0.05, 0.1) is 10.5 Å². The summed E-state index contributed by atoms with van der Waals surface area (Å²) in [4.78, 5) is 26.0. The number of aryl methyl sites for hydroxylation is 1. The molecule has 4 N–H and O–H groups in total. The standard InChI is InChI=1S/C27H35F3N4O4S/c1-19-10-12-20(13-11-19)17-23(25(35)32-15-4-3-14-31)33-26(36)24-9-2-5-16-34(24)39(37,38)22-8-6-7-21(18-22)27(28,29)30/h6-8,10-13,18,23-24H,2-5,9,14-17,31H2,1H3,(H,32,35)(H,33,36)/t23-,24-/m0/s1. The highest BCUT2D eigenvalue weighted by Gasteiger charge is 2.40. The normalized spacial score (nSPS) is 17.4. The number of rotatable bonds is 11. The first kappa shape index (κ1) is 30.6. The van der Waals surface area contributed by atoms with Crippen LogP contribution in [-0.4, -0.2) is 56.3 Å². The zero-order chi connectivity index (χ0) is 28.6. The number of hydrogen-bond donors (Lipinski definition) is 3. The summed E-state index contributed by atoms with van der Waals surface area (Å²) in [6.07, 6.45) is -1.96. The smallest absolute Gasteiger partial charge is 0.354 e. The summed E-state index contributed by atoms with van der Waals surface area (Å²) in [5.74, 6) is -1.08. The van der Waals surface area contributed by atoms with Crippen molar-refractivity contribution in [2.45, 2.75) is 68.6 Å². The number of sulfonamides is 1. The van der Waals surface area contributed by atoms with Crippen LogP contribution < -0.4 is 16.4 Å². The lowest BCUT2D eigenvalue weighted by molar-refractivity contribution is -0.137. The molecule has 2 atom stereocenters. The molecule has 0 aromatic heterocycles. The molecule has 2 aromatic carbocycles. The van der Waals surface area contributed by atoms with E-state index in [1.54, 1.807) is 0 Å². The van der Waals surface area contributed by atoms with E-state index in [0.717, 1.165) is 40.1 Å². The van der Waals surface area contributed by atoms with Gasteiger partial charge in [0.25, 0.3) is 0 Å². The minimum atomic E-state index is -4.72. The maximum absolute atomic E-state index is 13.5.